The highest BCUT2D eigenvalue weighted by molar-refractivity contribution is 5.93. The summed E-state index contributed by atoms with van der Waals surface area (Å²) < 4.78 is 11.2. The highest BCUT2D eigenvalue weighted by Crippen LogP contribution is 2.20. The van der Waals surface area contributed by atoms with Crippen molar-refractivity contribution in [3.05, 3.63) is 29.8 Å². The Kier molecular flexibility index (Phi) is 10.9. The molecule has 0 fully saturated rings. The van der Waals surface area contributed by atoms with Gasteiger partial charge in [-0.25, -0.2) is 9.59 Å². The van der Waals surface area contributed by atoms with Gasteiger partial charge in [-0.15, -0.1) is 0 Å². The van der Waals surface area contributed by atoms with E-state index < -0.39 is 30.0 Å². The zero-order valence-corrected chi connectivity index (χ0v) is 19.2. The predicted octanol–water partition coefficient (Wildman–Crippen LogP) is 1.10. The number of esters is 2. The van der Waals surface area contributed by atoms with Gasteiger partial charge < -0.3 is 28.7 Å². The summed E-state index contributed by atoms with van der Waals surface area (Å²) in [6, 6.07) is 6.17. The van der Waals surface area contributed by atoms with Crippen LogP contribution in [0.3, 0.4) is 0 Å². The van der Waals surface area contributed by atoms with Crippen molar-refractivity contribution in [1.82, 2.24) is 0 Å². The molecule has 10 heteroatoms. The fraction of sp³-hybridized carbons (Fsp3) is 0.524. The maximum atomic E-state index is 12.3. The SMILES string of the molecule is CC(=O)Oc1ccccc1C(=O)OC(CC(=O)O)C[N+](C)(C)C.C[N+](C)(C)CC(=O)O. The average molecular weight is 443 g/mol. The normalized spacial score (nSPS) is 12.1. The van der Waals surface area contributed by atoms with Gasteiger partial charge in [-0.1, -0.05) is 12.1 Å². The van der Waals surface area contributed by atoms with Crippen molar-refractivity contribution in [3.8, 4) is 5.75 Å². The molecule has 0 radical (unpaired) electrons. The number of hydrogen-bond donors (Lipinski definition) is 2. The van der Waals surface area contributed by atoms with Gasteiger partial charge in [-0.05, 0) is 12.1 Å². The Balaban J connectivity index is 0.000000954. The van der Waals surface area contributed by atoms with E-state index in [1.165, 1.54) is 19.1 Å². The third kappa shape index (κ3) is 14.6. The zero-order chi connectivity index (χ0) is 24.4. The monoisotopic (exact) mass is 442 g/mol. The number of quaternary nitrogens is 2. The van der Waals surface area contributed by atoms with Crippen LogP contribution in [0.2, 0.25) is 0 Å². The molecule has 10 nitrogen and oxygen atoms in total. The molecule has 0 aromatic heterocycles. The third-order valence-corrected chi connectivity index (χ3v) is 3.40. The van der Waals surface area contributed by atoms with E-state index >= 15 is 0 Å². The second-order valence-electron chi connectivity index (χ2n) is 9.03. The summed E-state index contributed by atoms with van der Waals surface area (Å²) in [4.78, 5) is 44.4. The Hall–Kier alpha value is -2.98. The van der Waals surface area contributed by atoms with E-state index in [0.29, 0.717) is 15.5 Å². The van der Waals surface area contributed by atoms with Crippen molar-refractivity contribution in [3.63, 3.8) is 0 Å². The molecule has 0 spiro atoms. The van der Waals surface area contributed by atoms with Crippen LogP contribution in [-0.2, 0) is 19.1 Å². The zero-order valence-electron chi connectivity index (χ0n) is 19.2. The summed E-state index contributed by atoms with van der Waals surface area (Å²) in [6.07, 6.45) is -1.08. The van der Waals surface area contributed by atoms with Crippen LogP contribution >= 0.6 is 0 Å². The minimum Gasteiger partial charge on any atom is -0.481 e. The molecule has 0 aliphatic rings. The third-order valence-electron chi connectivity index (χ3n) is 3.40. The maximum absolute atomic E-state index is 12.3. The Bertz CT molecular complexity index is 778. The number of para-hydroxylation sites is 1. The minimum atomic E-state index is -1.05. The second-order valence-corrected chi connectivity index (χ2v) is 9.03. The highest BCUT2D eigenvalue weighted by Gasteiger charge is 2.26. The van der Waals surface area contributed by atoms with Gasteiger partial charge >= 0.3 is 23.9 Å². The van der Waals surface area contributed by atoms with Crippen molar-refractivity contribution in [2.75, 3.05) is 55.4 Å². The first-order valence-electron chi connectivity index (χ1n) is 9.53. The van der Waals surface area contributed by atoms with E-state index in [-0.39, 0.29) is 24.3 Å². The van der Waals surface area contributed by atoms with Crippen molar-refractivity contribution >= 4 is 23.9 Å². The fourth-order valence-corrected chi connectivity index (χ4v) is 2.45. The fourth-order valence-electron chi connectivity index (χ4n) is 2.45. The molecule has 1 aromatic carbocycles. The van der Waals surface area contributed by atoms with E-state index in [9.17, 15) is 19.2 Å². The van der Waals surface area contributed by atoms with E-state index in [1.54, 1.807) is 12.1 Å². The molecule has 0 amide bonds. The van der Waals surface area contributed by atoms with Crippen LogP contribution in [0.5, 0.6) is 5.75 Å². The lowest BCUT2D eigenvalue weighted by molar-refractivity contribution is -0.873. The molecule has 0 aliphatic heterocycles. The number of hydrogen-bond acceptors (Lipinski definition) is 6. The molecule has 0 saturated carbocycles. The van der Waals surface area contributed by atoms with Gasteiger partial charge in [0.25, 0.3) is 0 Å². The number of benzene rings is 1. The van der Waals surface area contributed by atoms with Gasteiger partial charge in [0.15, 0.2) is 12.6 Å². The summed E-state index contributed by atoms with van der Waals surface area (Å²) >= 11 is 0. The van der Waals surface area contributed by atoms with Crippen LogP contribution < -0.4 is 4.74 Å². The molecular formula is C21H34N2O8+2. The molecule has 1 aromatic rings. The first-order valence-corrected chi connectivity index (χ1v) is 9.53. The first-order chi connectivity index (χ1) is 14.0. The summed E-state index contributed by atoms with van der Waals surface area (Å²) in [5.41, 5.74) is 0.0829. The predicted molar refractivity (Wildman–Crippen MR) is 113 cm³/mol. The number of carboxylic acid groups (broad SMARTS) is 2. The van der Waals surface area contributed by atoms with Gasteiger partial charge in [0, 0.05) is 6.92 Å². The standard InChI is InChI=1S/C16H21NO6.C5H11NO2/c1-11(18)22-14-8-6-5-7-13(14)16(21)23-12(9-15(19)20)10-17(2,3)4;1-6(2,3)4-5(7)8/h5-8,12H,9-10H2,1-4H3;4H2,1-3H3/p+2. The lowest BCUT2D eigenvalue weighted by Crippen LogP contribution is -2.43. The van der Waals surface area contributed by atoms with Crippen LogP contribution in [0.15, 0.2) is 24.3 Å². The summed E-state index contributed by atoms with van der Waals surface area (Å²) in [5, 5.41) is 17.2. The summed E-state index contributed by atoms with van der Waals surface area (Å²) in [6.45, 7) is 1.75. The summed E-state index contributed by atoms with van der Waals surface area (Å²) in [7, 11) is 11.1. The number of ether oxygens (including phenoxy) is 2. The minimum absolute atomic E-state index is 0.0829. The molecule has 0 bridgehead atoms. The Morgan fingerprint density at radius 2 is 1.45 bits per heavy atom. The van der Waals surface area contributed by atoms with Crippen LogP contribution in [0.25, 0.3) is 0 Å². The molecule has 31 heavy (non-hydrogen) atoms. The first kappa shape index (κ1) is 28.0. The van der Waals surface area contributed by atoms with Crippen molar-refractivity contribution in [2.45, 2.75) is 19.4 Å². The largest absolute Gasteiger partial charge is 0.481 e. The quantitative estimate of drug-likeness (QED) is 0.331. The lowest BCUT2D eigenvalue weighted by Gasteiger charge is -2.28. The number of aliphatic carboxylic acids is 2. The molecule has 1 atom stereocenters. The van der Waals surface area contributed by atoms with E-state index in [2.05, 4.69) is 0 Å². The molecule has 0 aliphatic carbocycles. The van der Waals surface area contributed by atoms with E-state index in [1.807, 2.05) is 42.3 Å². The van der Waals surface area contributed by atoms with Gasteiger partial charge in [-0.3, -0.25) is 9.59 Å². The Labute approximate surface area is 182 Å². The number of carbonyl (C=O) groups excluding carboxylic acids is 2. The van der Waals surface area contributed by atoms with Gasteiger partial charge in [-0.2, -0.15) is 0 Å². The second kappa shape index (κ2) is 12.0. The number of carboxylic acids is 2. The Morgan fingerprint density at radius 3 is 1.84 bits per heavy atom. The molecule has 0 heterocycles. The summed E-state index contributed by atoms with van der Waals surface area (Å²) in [5.74, 6) is -2.99. The van der Waals surface area contributed by atoms with Gasteiger partial charge in [0.05, 0.1) is 48.7 Å². The van der Waals surface area contributed by atoms with Crippen molar-refractivity contribution in [2.24, 2.45) is 0 Å². The molecule has 1 unspecified atom stereocenters. The van der Waals surface area contributed by atoms with Gasteiger partial charge in [0.1, 0.15) is 17.9 Å². The number of nitrogens with zero attached hydrogens (tertiary/aromatic N) is 2. The molecule has 2 N–H and O–H groups in total. The van der Waals surface area contributed by atoms with Crippen LogP contribution in [0.1, 0.15) is 23.7 Å². The maximum Gasteiger partial charge on any atom is 0.359 e. The van der Waals surface area contributed by atoms with E-state index in [0.717, 1.165) is 0 Å². The molecule has 1 rings (SSSR count). The molecule has 0 saturated heterocycles. The molecule has 174 valence electrons. The Morgan fingerprint density at radius 1 is 0.903 bits per heavy atom. The number of carbonyl (C=O) groups is 4. The lowest BCUT2D eigenvalue weighted by atomic mass is 10.2. The number of likely N-dealkylation sites (N-methyl/N-ethyl adjacent to an activating group) is 2. The average Bonchev–Trinajstić information content (AvgIpc) is 2.50. The van der Waals surface area contributed by atoms with Crippen LogP contribution in [0, 0.1) is 0 Å². The van der Waals surface area contributed by atoms with Crippen molar-refractivity contribution in [1.29, 1.82) is 0 Å². The van der Waals surface area contributed by atoms with E-state index in [4.69, 9.17) is 19.7 Å². The smallest absolute Gasteiger partial charge is 0.359 e. The van der Waals surface area contributed by atoms with Crippen LogP contribution in [0.4, 0.5) is 0 Å². The van der Waals surface area contributed by atoms with Crippen LogP contribution in [-0.4, -0.2) is 105 Å². The van der Waals surface area contributed by atoms with Crippen molar-refractivity contribution < 1.29 is 47.8 Å². The van der Waals surface area contributed by atoms with Gasteiger partial charge in [0.2, 0.25) is 0 Å². The highest BCUT2D eigenvalue weighted by atomic mass is 16.6. The number of rotatable bonds is 9. The topological polar surface area (TPSA) is 127 Å². The molecular weight excluding hydrogens is 408 g/mol.